The number of carbonyl (C=O) groups excluding carboxylic acids is 4. The predicted molar refractivity (Wildman–Crippen MR) is 162 cm³/mol. The zero-order chi connectivity index (χ0) is 32.4. The van der Waals surface area contributed by atoms with Gasteiger partial charge in [0.1, 0.15) is 0 Å². The summed E-state index contributed by atoms with van der Waals surface area (Å²) < 4.78 is 38.6. The monoisotopic (exact) mass is 665 g/mol. The van der Waals surface area contributed by atoms with E-state index in [9.17, 15) is 28.0 Å². The van der Waals surface area contributed by atoms with Crippen LogP contribution in [0.5, 0.6) is 5.75 Å². The number of aromatic hydroxyl groups is 1. The van der Waals surface area contributed by atoms with Crippen molar-refractivity contribution in [1.29, 1.82) is 0 Å². The van der Waals surface area contributed by atoms with E-state index in [0.29, 0.717) is 5.56 Å². The first-order chi connectivity index (χ1) is 20.3. The third-order valence-corrected chi connectivity index (χ3v) is 8.36. The van der Waals surface area contributed by atoms with E-state index in [4.69, 9.17) is 17.7 Å². The first kappa shape index (κ1) is 37.6. The van der Waals surface area contributed by atoms with Crippen LogP contribution in [0.15, 0.2) is 42.5 Å². The average molecular weight is 666 g/mol. The van der Waals surface area contributed by atoms with Crippen LogP contribution in [0.3, 0.4) is 0 Å². The standard InChI is InChI=1S/C23H34O5.C8H10AsNO5/c1-4-7-8-9-10-11-12-18-13-15-19(16-14-18)21(24)17-20(22(25)27-5-2)23(26)28-6-3;1-5(11)10-8-6(9(13,14)15)3-2-4-7(8)12/h13-16,20H,4-12,17H2,1-3H3;2-4,12H,1H3,(H,10,11)(H2,13,14,15). The second kappa shape index (κ2) is 19.7. The molecule has 0 aromatic heterocycles. The quantitative estimate of drug-likeness (QED) is 0.0515. The summed E-state index contributed by atoms with van der Waals surface area (Å²) in [5.41, 5.74) is 1.46. The molecule has 1 amide bonds. The van der Waals surface area contributed by atoms with Crippen molar-refractivity contribution in [2.75, 3.05) is 18.5 Å². The van der Waals surface area contributed by atoms with Gasteiger partial charge >= 0.3 is 100 Å². The van der Waals surface area contributed by atoms with Gasteiger partial charge in [0.25, 0.3) is 0 Å². The molecule has 2 rings (SSSR count). The van der Waals surface area contributed by atoms with Gasteiger partial charge in [-0.1, -0.05) is 63.3 Å². The minimum Gasteiger partial charge on any atom is -0.465 e. The molecule has 0 aliphatic heterocycles. The molecule has 0 bridgehead atoms. The third-order valence-electron chi connectivity index (χ3n) is 6.26. The number of esters is 2. The maximum Gasteiger partial charge on any atom is 0.320 e. The molecule has 0 aliphatic carbocycles. The van der Waals surface area contributed by atoms with Gasteiger partial charge in [0.05, 0.1) is 13.2 Å². The Kier molecular flexibility index (Phi) is 17.3. The summed E-state index contributed by atoms with van der Waals surface area (Å²) in [6, 6.07) is 11.1. The van der Waals surface area contributed by atoms with E-state index in [1.807, 2.05) is 12.1 Å². The van der Waals surface area contributed by atoms with Gasteiger partial charge in [-0.25, -0.2) is 0 Å². The molecule has 4 N–H and O–H groups in total. The Bertz CT molecular complexity index is 1220. The molecule has 0 heterocycles. The van der Waals surface area contributed by atoms with Crippen molar-refractivity contribution in [3.8, 4) is 5.75 Å². The van der Waals surface area contributed by atoms with Crippen LogP contribution in [-0.4, -0.2) is 64.3 Å². The number of hydrogen-bond acceptors (Lipinski definition) is 8. The largest absolute Gasteiger partial charge is 0.465 e. The van der Waals surface area contributed by atoms with E-state index in [1.165, 1.54) is 62.8 Å². The van der Waals surface area contributed by atoms with Crippen LogP contribution >= 0.6 is 0 Å². The fourth-order valence-electron chi connectivity index (χ4n) is 4.09. The van der Waals surface area contributed by atoms with Crippen LogP contribution < -0.4 is 9.67 Å². The number of anilines is 1. The molecule has 238 valence electrons. The number of phenols is 1. The molecule has 12 heteroatoms. The molecule has 43 heavy (non-hydrogen) atoms. The number of unbranched alkanes of at least 4 members (excludes halogenated alkanes) is 5. The minimum atomic E-state index is -5.14. The van der Waals surface area contributed by atoms with Crippen LogP contribution in [0.2, 0.25) is 0 Å². The first-order valence-electron chi connectivity index (χ1n) is 14.5. The van der Waals surface area contributed by atoms with Gasteiger partial charge in [-0.05, 0) is 32.3 Å². The van der Waals surface area contributed by atoms with Gasteiger partial charge in [-0.15, -0.1) is 0 Å². The summed E-state index contributed by atoms with van der Waals surface area (Å²) in [5.74, 6) is -3.79. The van der Waals surface area contributed by atoms with E-state index in [0.717, 1.165) is 12.8 Å². The van der Waals surface area contributed by atoms with E-state index in [2.05, 4.69) is 12.2 Å². The maximum absolute atomic E-state index is 12.5. The van der Waals surface area contributed by atoms with Crippen LogP contribution in [0.1, 0.15) is 88.6 Å². The number of benzene rings is 2. The van der Waals surface area contributed by atoms with E-state index in [-0.39, 0.29) is 41.2 Å². The maximum atomic E-state index is 12.5. The normalized spacial score (nSPS) is 10.9. The molecule has 0 fully saturated rings. The number of carbonyl (C=O) groups is 4. The molecular formula is C31H44AsNO10. The molecule has 0 unspecified atom stereocenters. The Morgan fingerprint density at radius 3 is 1.91 bits per heavy atom. The predicted octanol–water partition coefficient (Wildman–Crippen LogP) is 3.82. The fourth-order valence-corrected chi connectivity index (χ4v) is 5.65. The number of ether oxygens (including phenoxy) is 2. The summed E-state index contributed by atoms with van der Waals surface area (Å²) in [7, 11) is 0. The molecule has 0 spiro atoms. The Labute approximate surface area is 256 Å². The summed E-state index contributed by atoms with van der Waals surface area (Å²) >= 11 is -5.14. The second-order valence-electron chi connectivity index (χ2n) is 9.80. The molecule has 2 aromatic carbocycles. The number of phenolic OH excluding ortho intramolecular Hbond substituents is 1. The summed E-state index contributed by atoms with van der Waals surface area (Å²) in [6.45, 7) is 7.01. The Balaban J connectivity index is 0.000000517. The second-order valence-corrected chi connectivity index (χ2v) is 13.1. The van der Waals surface area contributed by atoms with Gasteiger partial charge < -0.3 is 9.47 Å². The van der Waals surface area contributed by atoms with Crippen molar-refractivity contribution in [2.45, 2.75) is 79.1 Å². The fraction of sp³-hybridized carbons (Fsp3) is 0.484. The molecule has 0 aliphatic rings. The molecule has 0 radical (unpaired) electrons. The zero-order valence-corrected chi connectivity index (χ0v) is 27.2. The van der Waals surface area contributed by atoms with Crippen molar-refractivity contribution in [3.05, 3.63) is 53.6 Å². The molecule has 11 nitrogen and oxygen atoms in total. The molecule has 0 atom stereocenters. The SMILES string of the molecule is CC(=O)Nc1c(O)cccc1[As](=O)(O)O.CCCCCCCCc1ccc(C(=O)CC(C(=O)OCC)C(=O)OCC)cc1. The molecule has 2 aromatic rings. The van der Waals surface area contributed by atoms with Gasteiger partial charge in [0.2, 0.25) is 0 Å². The van der Waals surface area contributed by atoms with Crippen LogP contribution in [0.25, 0.3) is 0 Å². The number of amides is 1. The Morgan fingerprint density at radius 1 is 0.837 bits per heavy atom. The zero-order valence-electron chi connectivity index (χ0n) is 25.3. The Morgan fingerprint density at radius 2 is 1.40 bits per heavy atom. The molecule has 0 saturated carbocycles. The molecule has 0 saturated heterocycles. The number of hydrogen-bond donors (Lipinski definition) is 4. The number of Topliss-reactive ketones (excluding diaryl/α,β-unsaturated/α-hetero) is 1. The van der Waals surface area contributed by atoms with E-state index >= 15 is 0 Å². The number of nitrogens with one attached hydrogen (secondary N) is 1. The van der Waals surface area contributed by atoms with Crippen molar-refractivity contribution in [3.63, 3.8) is 0 Å². The Hall–Kier alpha value is -3.40. The van der Waals surface area contributed by atoms with Crippen molar-refractivity contribution >= 4 is 47.8 Å². The van der Waals surface area contributed by atoms with Crippen molar-refractivity contribution in [1.82, 2.24) is 0 Å². The smallest absolute Gasteiger partial charge is 0.320 e. The van der Waals surface area contributed by atoms with E-state index < -0.39 is 37.9 Å². The van der Waals surface area contributed by atoms with Gasteiger partial charge in [-0.2, -0.15) is 0 Å². The van der Waals surface area contributed by atoms with Crippen molar-refractivity contribution < 1.29 is 45.7 Å². The number of rotatable bonds is 16. The number of aryl methyl sites for hydroxylation is 1. The van der Waals surface area contributed by atoms with Gasteiger partial charge in [0.15, 0.2) is 11.7 Å². The van der Waals surface area contributed by atoms with Crippen molar-refractivity contribution in [2.24, 2.45) is 5.92 Å². The third kappa shape index (κ3) is 14.1. The van der Waals surface area contributed by atoms with Gasteiger partial charge in [-0.3, -0.25) is 14.4 Å². The number of para-hydroxylation sites is 1. The summed E-state index contributed by atoms with van der Waals surface area (Å²) in [4.78, 5) is 47.3. The average Bonchev–Trinajstić information content (AvgIpc) is 2.94. The minimum absolute atomic E-state index is 0.149. The first-order valence-corrected chi connectivity index (χ1v) is 17.8. The summed E-state index contributed by atoms with van der Waals surface area (Å²) in [6.07, 6.45) is 8.24. The molecular weight excluding hydrogens is 621 g/mol. The summed E-state index contributed by atoms with van der Waals surface area (Å²) in [5, 5.41) is 11.5. The van der Waals surface area contributed by atoms with E-state index in [1.54, 1.807) is 26.0 Å². The van der Waals surface area contributed by atoms with Crippen LogP contribution in [0, 0.1) is 5.92 Å². The topological polar surface area (TPSA) is 177 Å². The number of ketones is 1. The van der Waals surface area contributed by atoms with Crippen LogP contribution in [0.4, 0.5) is 5.69 Å². The van der Waals surface area contributed by atoms with Gasteiger partial charge in [0, 0.05) is 12.0 Å². The van der Waals surface area contributed by atoms with Crippen LogP contribution in [-0.2, 0) is 34.0 Å².